The van der Waals surface area contributed by atoms with E-state index in [0.717, 1.165) is 49.3 Å². The second kappa shape index (κ2) is 10.3. The Balaban J connectivity index is 0.00000243. The lowest BCUT2D eigenvalue weighted by Crippen LogP contribution is -2.36. The van der Waals surface area contributed by atoms with Crippen LogP contribution in [0.1, 0.15) is 34.3 Å². The van der Waals surface area contributed by atoms with Crippen molar-refractivity contribution in [2.75, 3.05) is 19.8 Å². The number of carbonyl (C=O) groups is 1. The summed E-state index contributed by atoms with van der Waals surface area (Å²) in [6.07, 6.45) is 2.04. The predicted molar refractivity (Wildman–Crippen MR) is 106 cm³/mol. The van der Waals surface area contributed by atoms with Crippen molar-refractivity contribution in [2.45, 2.75) is 25.9 Å². The molecule has 0 unspecified atom stereocenters. The first-order chi connectivity index (χ1) is 12.3. The van der Waals surface area contributed by atoms with Gasteiger partial charge in [0.1, 0.15) is 0 Å². The molecular formula is C21H27ClN2O2. The molecular weight excluding hydrogens is 348 g/mol. The normalized spacial score (nSPS) is 14.5. The zero-order chi connectivity index (χ0) is 17.5. The van der Waals surface area contributed by atoms with Crippen molar-refractivity contribution >= 4 is 18.3 Å². The third-order valence-corrected chi connectivity index (χ3v) is 4.76. The molecule has 0 spiro atoms. The van der Waals surface area contributed by atoms with Gasteiger partial charge < -0.3 is 15.4 Å². The van der Waals surface area contributed by atoms with Crippen LogP contribution in [0.25, 0.3) is 0 Å². The van der Waals surface area contributed by atoms with Crippen molar-refractivity contribution in [3.05, 3.63) is 71.3 Å². The second-order valence-corrected chi connectivity index (χ2v) is 6.63. The highest BCUT2D eigenvalue weighted by molar-refractivity contribution is 5.94. The molecule has 2 aromatic carbocycles. The number of ether oxygens (including phenoxy) is 1. The maximum Gasteiger partial charge on any atom is 0.254 e. The average molecular weight is 375 g/mol. The molecule has 1 saturated heterocycles. The molecule has 140 valence electrons. The number of amides is 1. The standard InChI is InChI=1S/C21H26N2O2.ClH/c22-14-17-6-8-20(9-7-17)21(24)23(15-18-4-2-1-3-5-18)16-19-10-12-25-13-11-19;/h1-9,19H,10-16,22H2;1H. The van der Waals surface area contributed by atoms with Crippen molar-refractivity contribution in [3.8, 4) is 0 Å². The zero-order valence-electron chi connectivity index (χ0n) is 15.0. The first-order valence-electron chi connectivity index (χ1n) is 8.96. The van der Waals surface area contributed by atoms with Gasteiger partial charge in [0.15, 0.2) is 0 Å². The van der Waals surface area contributed by atoms with Crippen LogP contribution in [-0.4, -0.2) is 30.6 Å². The Labute approximate surface area is 161 Å². The molecule has 2 N–H and O–H groups in total. The summed E-state index contributed by atoms with van der Waals surface area (Å²) in [5.74, 6) is 0.587. The van der Waals surface area contributed by atoms with Crippen LogP contribution in [0, 0.1) is 5.92 Å². The van der Waals surface area contributed by atoms with Gasteiger partial charge in [-0.15, -0.1) is 12.4 Å². The molecule has 2 aromatic rings. The third-order valence-electron chi connectivity index (χ3n) is 4.76. The summed E-state index contributed by atoms with van der Waals surface area (Å²) < 4.78 is 5.45. The van der Waals surface area contributed by atoms with Gasteiger partial charge in [0, 0.05) is 38.4 Å². The quantitative estimate of drug-likeness (QED) is 0.839. The molecule has 0 radical (unpaired) electrons. The van der Waals surface area contributed by atoms with Crippen LogP contribution in [0.15, 0.2) is 54.6 Å². The van der Waals surface area contributed by atoms with E-state index in [1.54, 1.807) is 0 Å². The van der Waals surface area contributed by atoms with Gasteiger partial charge in [0.25, 0.3) is 5.91 Å². The van der Waals surface area contributed by atoms with E-state index in [4.69, 9.17) is 10.5 Å². The summed E-state index contributed by atoms with van der Waals surface area (Å²) in [5, 5.41) is 0. The highest BCUT2D eigenvalue weighted by Gasteiger charge is 2.22. The summed E-state index contributed by atoms with van der Waals surface area (Å²) in [5.41, 5.74) is 8.57. The number of nitrogens with zero attached hydrogens (tertiary/aromatic N) is 1. The number of hydrogen-bond acceptors (Lipinski definition) is 3. The van der Waals surface area contributed by atoms with Gasteiger partial charge in [-0.1, -0.05) is 42.5 Å². The van der Waals surface area contributed by atoms with Gasteiger partial charge in [-0.3, -0.25) is 4.79 Å². The van der Waals surface area contributed by atoms with Crippen molar-refractivity contribution in [1.29, 1.82) is 0 Å². The van der Waals surface area contributed by atoms with E-state index in [1.165, 1.54) is 0 Å². The number of hydrogen-bond donors (Lipinski definition) is 1. The molecule has 1 aliphatic rings. The van der Waals surface area contributed by atoms with E-state index < -0.39 is 0 Å². The SMILES string of the molecule is Cl.NCc1ccc(C(=O)N(Cc2ccccc2)CC2CCOCC2)cc1. The van der Waals surface area contributed by atoms with Crippen molar-refractivity contribution in [3.63, 3.8) is 0 Å². The molecule has 1 aliphatic heterocycles. The Morgan fingerprint density at radius 1 is 1.00 bits per heavy atom. The van der Waals surface area contributed by atoms with Gasteiger partial charge >= 0.3 is 0 Å². The second-order valence-electron chi connectivity index (χ2n) is 6.63. The summed E-state index contributed by atoms with van der Waals surface area (Å²) >= 11 is 0. The molecule has 1 amide bonds. The maximum absolute atomic E-state index is 13.1. The van der Waals surface area contributed by atoms with Gasteiger partial charge in [0.2, 0.25) is 0 Å². The summed E-state index contributed by atoms with van der Waals surface area (Å²) in [6.45, 7) is 3.49. The molecule has 0 aromatic heterocycles. The Morgan fingerprint density at radius 3 is 2.27 bits per heavy atom. The lowest BCUT2D eigenvalue weighted by Gasteiger charge is -2.30. The van der Waals surface area contributed by atoms with E-state index in [-0.39, 0.29) is 18.3 Å². The number of nitrogens with two attached hydrogens (primary N) is 1. The van der Waals surface area contributed by atoms with Crippen LogP contribution < -0.4 is 5.73 Å². The topological polar surface area (TPSA) is 55.6 Å². The van der Waals surface area contributed by atoms with Crippen LogP contribution in [0.2, 0.25) is 0 Å². The molecule has 0 aliphatic carbocycles. The average Bonchev–Trinajstić information content (AvgIpc) is 2.68. The van der Waals surface area contributed by atoms with Crippen molar-refractivity contribution < 1.29 is 9.53 Å². The highest BCUT2D eigenvalue weighted by atomic mass is 35.5. The third kappa shape index (κ3) is 5.56. The Hall–Kier alpha value is -1.88. The first-order valence-corrected chi connectivity index (χ1v) is 8.96. The Morgan fingerprint density at radius 2 is 1.65 bits per heavy atom. The van der Waals surface area contributed by atoms with Crippen molar-refractivity contribution in [1.82, 2.24) is 4.90 Å². The maximum atomic E-state index is 13.1. The fourth-order valence-electron chi connectivity index (χ4n) is 3.23. The van der Waals surface area contributed by atoms with Gasteiger partial charge in [-0.05, 0) is 42.0 Å². The smallest absolute Gasteiger partial charge is 0.254 e. The minimum atomic E-state index is 0. The van der Waals surface area contributed by atoms with Gasteiger partial charge in [-0.2, -0.15) is 0 Å². The fraction of sp³-hybridized carbons (Fsp3) is 0.381. The van der Waals surface area contributed by atoms with Crippen LogP contribution in [0.5, 0.6) is 0 Å². The number of benzene rings is 2. The lowest BCUT2D eigenvalue weighted by molar-refractivity contribution is 0.0446. The fourth-order valence-corrected chi connectivity index (χ4v) is 3.23. The van der Waals surface area contributed by atoms with Gasteiger partial charge in [-0.25, -0.2) is 0 Å². The summed E-state index contributed by atoms with van der Waals surface area (Å²) in [7, 11) is 0. The van der Waals surface area contributed by atoms with E-state index in [0.29, 0.717) is 19.0 Å². The number of carbonyl (C=O) groups excluding carboxylic acids is 1. The van der Waals surface area contributed by atoms with Gasteiger partial charge in [0.05, 0.1) is 0 Å². The minimum absolute atomic E-state index is 0. The van der Waals surface area contributed by atoms with Crippen molar-refractivity contribution in [2.24, 2.45) is 11.7 Å². The minimum Gasteiger partial charge on any atom is -0.381 e. The van der Waals surface area contributed by atoms with E-state index in [1.807, 2.05) is 47.4 Å². The molecule has 0 atom stereocenters. The van der Waals surface area contributed by atoms with Crippen LogP contribution in [-0.2, 0) is 17.8 Å². The number of rotatable bonds is 6. The Kier molecular flexibility index (Phi) is 8.10. The Bertz CT molecular complexity index is 670. The molecule has 1 fully saturated rings. The van der Waals surface area contributed by atoms with Crippen LogP contribution in [0.3, 0.4) is 0 Å². The molecule has 1 heterocycles. The first kappa shape index (κ1) is 20.4. The van der Waals surface area contributed by atoms with Crippen LogP contribution in [0.4, 0.5) is 0 Å². The van der Waals surface area contributed by atoms with E-state index in [9.17, 15) is 4.79 Å². The predicted octanol–water partition coefficient (Wildman–Crippen LogP) is 3.64. The summed E-state index contributed by atoms with van der Waals surface area (Å²) in [6, 6.07) is 17.8. The summed E-state index contributed by atoms with van der Waals surface area (Å²) in [4.78, 5) is 15.1. The molecule has 0 bridgehead atoms. The zero-order valence-corrected chi connectivity index (χ0v) is 15.8. The lowest BCUT2D eigenvalue weighted by atomic mass is 9.98. The molecule has 4 nitrogen and oxygen atoms in total. The number of halogens is 1. The molecule has 3 rings (SSSR count). The monoisotopic (exact) mass is 374 g/mol. The molecule has 5 heteroatoms. The largest absolute Gasteiger partial charge is 0.381 e. The molecule has 0 saturated carbocycles. The van der Waals surface area contributed by atoms with Crippen LogP contribution >= 0.6 is 12.4 Å². The highest BCUT2D eigenvalue weighted by Crippen LogP contribution is 2.19. The van der Waals surface area contributed by atoms with E-state index >= 15 is 0 Å². The molecule has 26 heavy (non-hydrogen) atoms. The van der Waals surface area contributed by atoms with E-state index in [2.05, 4.69) is 12.1 Å².